The molecule has 4 aromatic carbocycles. The number of Topliss-reactive ketones (excluding diaryl/α,β-unsaturated/α-hetero) is 2. The molecule has 0 fully saturated rings. The number of benzene rings is 4. The summed E-state index contributed by atoms with van der Waals surface area (Å²) in [7, 11) is 0. The lowest BCUT2D eigenvalue weighted by Gasteiger charge is -2.37. The van der Waals surface area contributed by atoms with E-state index in [9.17, 15) is 50.4 Å². The molecule has 12 heteroatoms. The molecule has 42 heavy (non-hydrogen) atoms. The van der Waals surface area contributed by atoms with Gasteiger partial charge in [-0.1, -0.05) is 18.2 Å². The highest BCUT2D eigenvalue weighted by Crippen LogP contribution is 2.55. The van der Waals surface area contributed by atoms with Crippen molar-refractivity contribution in [2.24, 2.45) is 0 Å². The molecule has 2 aliphatic heterocycles. The molecule has 0 saturated heterocycles. The lowest BCUT2D eigenvalue weighted by molar-refractivity contribution is 0.0196. The molecule has 214 valence electrons. The zero-order valence-electron chi connectivity index (χ0n) is 21.3. The smallest absolute Gasteiger partial charge is 0.202 e. The van der Waals surface area contributed by atoms with Crippen LogP contribution < -0.4 is 9.47 Å². The number of hydrogen-bond acceptors (Lipinski definition) is 12. The van der Waals surface area contributed by atoms with E-state index in [1.165, 1.54) is 30.3 Å². The predicted molar refractivity (Wildman–Crippen MR) is 142 cm³/mol. The van der Waals surface area contributed by atoms with Crippen LogP contribution in [0.4, 0.5) is 0 Å². The molecular weight excluding hydrogens is 552 g/mol. The maximum atomic E-state index is 14.1. The van der Waals surface area contributed by atoms with Crippen LogP contribution in [0, 0.1) is 0 Å². The SMILES string of the molecule is O=C1c2c(O)cc(O)c(C3C(=O)c4c(O)cc(O)cc4O[C@@H]3c3ccc(O)cc3)c2O[C@H](c2ccc(O)c(O)c2)C1O. The molecule has 2 heterocycles. The number of carbonyl (C=O) groups is 2. The van der Waals surface area contributed by atoms with E-state index < -0.39 is 81.6 Å². The highest BCUT2D eigenvalue weighted by Gasteiger charge is 2.48. The summed E-state index contributed by atoms with van der Waals surface area (Å²) >= 11 is 0. The van der Waals surface area contributed by atoms with Gasteiger partial charge in [0.1, 0.15) is 57.5 Å². The Hall–Kier alpha value is -5.62. The number of carbonyl (C=O) groups excluding carboxylic acids is 2. The fourth-order valence-electron chi connectivity index (χ4n) is 5.38. The van der Waals surface area contributed by atoms with Gasteiger partial charge < -0.3 is 50.3 Å². The van der Waals surface area contributed by atoms with Crippen LogP contribution in [-0.4, -0.2) is 58.5 Å². The van der Waals surface area contributed by atoms with E-state index in [0.29, 0.717) is 5.56 Å². The largest absolute Gasteiger partial charge is 0.508 e. The van der Waals surface area contributed by atoms with Crippen molar-refractivity contribution in [3.63, 3.8) is 0 Å². The second-order valence-corrected chi connectivity index (χ2v) is 9.94. The van der Waals surface area contributed by atoms with Crippen LogP contribution in [0.2, 0.25) is 0 Å². The highest BCUT2D eigenvalue weighted by atomic mass is 16.5. The van der Waals surface area contributed by atoms with Gasteiger partial charge >= 0.3 is 0 Å². The molecule has 0 saturated carbocycles. The number of fused-ring (bicyclic) bond motifs is 2. The third-order valence-corrected chi connectivity index (χ3v) is 7.34. The molecule has 0 bridgehead atoms. The standard InChI is InChI=1S/C30H22O12/c31-13-4-1-11(2-5-13)28-24(25(38)21-17(35)8-14(32)9-20(21)41-28)22-18(36)10-19(37)23-26(39)27(40)29(42-30(22)23)12-3-6-15(33)16(34)7-12/h1-10,24,27-29,31-37,40H/t24?,27?,28-,29-/m1/s1. The monoisotopic (exact) mass is 574 g/mol. The predicted octanol–water partition coefficient (Wildman–Crippen LogP) is 3.40. The van der Waals surface area contributed by atoms with Crippen LogP contribution in [0.1, 0.15) is 55.5 Å². The number of phenols is 7. The van der Waals surface area contributed by atoms with Gasteiger partial charge in [-0.25, -0.2) is 0 Å². The average Bonchev–Trinajstić information content (AvgIpc) is 2.92. The van der Waals surface area contributed by atoms with Crippen molar-refractivity contribution >= 4 is 11.6 Å². The quantitative estimate of drug-likeness (QED) is 0.165. The molecule has 2 unspecified atom stereocenters. The Labute approximate surface area is 236 Å². The first kappa shape index (κ1) is 26.6. The van der Waals surface area contributed by atoms with Crippen LogP contribution in [0.25, 0.3) is 0 Å². The molecule has 0 aromatic heterocycles. The summed E-state index contributed by atoms with van der Waals surface area (Å²) in [5.41, 5.74) is -0.839. The number of phenolic OH excluding ortho intramolecular Hbond substituents is 7. The van der Waals surface area contributed by atoms with Gasteiger partial charge in [-0.15, -0.1) is 0 Å². The van der Waals surface area contributed by atoms with Crippen molar-refractivity contribution in [1.29, 1.82) is 0 Å². The zero-order chi connectivity index (χ0) is 30.0. The van der Waals surface area contributed by atoms with Crippen molar-refractivity contribution in [3.8, 4) is 51.7 Å². The van der Waals surface area contributed by atoms with Crippen molar-refractivity contribution in [1.82, 2.24) is 0 Å². The molecule has 12 nitrogen and oxygen atoms in total. The Bertz CT molecular complexity index is 1780. The first-order valence-corrected chi connectivity index (χ1v) is 12.5. The number of aliphatic hydroxyl groups is 1. The number of aromatic hydroxyl groups is 7. The maximum absolute atomic E-state index is 14.1. The van der Waals surface area contributed by atoms with Gasteiger partial charge in [-0.3, -0.25) is 9.59 Å². The lowest BCUT2D eigenvalue weighted by atomic mass is 9.78. The Morgan fingerprint density at radius 3 is 1.90 bits per heavy atom. The first-order chi connectivity index (χ1) is 20.0. The van der Waals surface area contributed by atoms with Crippen LogP contribution >= 0.6 is 0 Å². The van der Waals surface area contributed by atoms with Crippen LogP contribution in [0.15, 0.2) is 60.7 Å². The van der Waals surface area contributed by atoms with Crippen LogP contribution in [0.3, 0.4) is 0 Å². The minimum absolute atomic E-state index is 0.0466. The summed E-state index contributed by atoms with van der Waals surface area (Å²) in [6, 6.07) is 11.8. The van der Waals surface area contributed by atoms with Crippen molar-refractivity contribution in [3.05, 3.63) is 88.5 Å². The molecule has 2 aliphatic rings. The second kappa shape index (κ2) is 9.49. The number of rotatable bonds is 3. The lowest BCUT2D eigenvalue weighted by Crippen LogP contribution is -2.38. The van der Waals surface area contributed by atoms with Crippen molar-refractivity contribution in [2.45, 2.75) is 24.2 Å². The molecule has 0 radical (unpaired) electrons. The van der Waals surface area contributed by atoms with Crippen molar-refractivity contribution < 1.29 is 59.9 Å². The number of ether oxygens (including phenoxy) is 2. The van der Waals surface area contributed by atoms with Gasteiger partial charge in [0.25, 0.3) is 0 Å². The van der Waals surface area contributed by atoms with Crippen LogP contribution in [0.5, 0.6) is 51.7 Å². The molecule has 0 aliphatic carbocycles. The Balaban J connectivity index is 1.59. The van der Waals surface area contributed by atoms with E-state index in [2.05, 4.69) is 0 Å². The van der Waals surface area contributed by atoms with E-state index >= 15 is 0 Å². The van der Waals surface area contributed by atoms with Gasteiger partial charge in [0.05, 0.1) is 11.5 Å². The summed E-state index contributed by atoms with van der Waals surface area (Å²) < 4.78 is 12.1. The molecule has 6 rings (SSSR count). The zero-order valence-corrected chi connectivity index (χ0v) is 21.3. The number of hydrogen-bond donors (Lipinski definition) is 8. The summed E-state index contributed by atoms with van der Waals surface area (Å²) in [5.74, 6) is -7.60. The van der Waals surface area contributed by atoms with Gasteiger partial charge in [0.2, 0.25) is 5.78 Å². The second-order valence-electron chi connectivity index (χ2n) is 9.94. The third kappa shape index (κ3) is 4.04. The molecular formula is C30H22O12. The molecule has 4 aromatic rings. The molecule has 8 N–H and O–H groups in total. The number of aliphatic hydroxyl groups excluding tert-OH is 1. The van der Waals surface area contributed by atoms with E-state index in [1.807, 2.05) is 0 Å². The molecule has 0 amide bonds. The van der Waals surface area contributed by atoms with Gasteiger partial charge in [0, 0.05) is 18.2 Å². The van der Waals surface area contributed by atoms with E-state index in [4.69, 9.17) is 9.47 Å². The Morgan fingerprint density at radius 1 is 0.548 bits per heavy atom. The van der Waals surface area contributed by atoms with Gasteiger partial charge in [-0.05, 0) is 35.4 Å². The summed E-state index contributed by atoms with van der Waals surface area (Å²) in [4.78, 5) is 27.5. The maximum Gasteiger partial charge on any atom is 0.202 e. The summed E-state index contributed by atoms with van der Waals surface area (Å²) in [6.07, 6.45) is -4.70. The molecule has 4 atom stereocenters. The van der Waals surface area contributed by atoms with E-state index in [0.717, 1.165) is 30.3 Å². The van der Waals surface area contributed by atoms with Crippen LogP contribution in [-0.2, 0) is 0 Å². The normalized spacial score (nSPS) is 21.2. The van der Waals surface area contributed by atoms with Gasteiger partial charge in [0.15, 0.2) is 29.5 Å². The topological polar surface area (TPSA) is 214 Å². The first-order valence-electron chi connectivity index (χ1n) is 12.5. The number of ketones is 2. The Kier molecular flexibility index (Phi) is 6.01. The van der Waals surface area contributed by atoms with Gasteiger partial charge in [-0.2, -0.15) is 0 Å². The fraction of sp³-hybridized carbons (Fsp3) is 0.133. The Morgan fingerprint density at radius 2 is 1.21 bits per heavy atom. The van der Waals surface area contributed by atoms with E-state index in [1.54, 1.807) is 0 Å². The summed E-state index contributed by atoms with van der Waals surface area (Å²) in [5, 5.41) is 82.8. The van der Waals surface area contributed by atoms with E-state index in [-0.39, 0.29) is 28.2 Å². The highest BCUT2D eigenvalue weighted by molar-refractivity contribution is 6.10. The minimum Gasteiger partial charge on any atom is -0.508 e. The van der Waals surface area contributed by atoms with Crippen molar-refractivity contribution in [2.75, 3.05) is 0 Å². The summed E-state index contributed by atoms with van der Waals surface area (Å²) in [6.45, 7) is 0. The molecule has 0 spiro atoms. The minimum atomic E-state index is -1.90. The third-order valence-electron chi connectivity index (χ3n) is 7.34. The fourth-order valence-corrected chi connectivity index (χ4v) is 5.38. The average molecular weight is 574 g/mol.